The number of nitrogens with zero attached hydrogens (tertiary/aromatic N) is 2. The van der Waals surface area contributed by atoms with Gasteiger partial charge < -0.3 is 14.6 Å². The summed E-state index contributed by atoms with van der Waals surface area (Å²) in [5.41, 5.74) is 1.43. The third kappa shape index (κ3) is 3.92. The maximum absolute atomic E-state index is 13.9. The Balaban J connectivity index is 1.42. The number of fused-ring (bicyclic) bond motifs is 2. The Bertz CT molecular complexity index is 1440. The highest BCUT2D eigenvalue weighted by Gasteiger charge is 2.44. The third-order valence-electron chi connectivity index (χ3n) is 6.17. The van der Waals surface area contributed by atoms with Crippen molar-refractivity contribution in [3.63, 3.8) is 0 Å². The van der Waals surface area contributed by atoms with Gasteiger partial charge in [-0.05, 0) is 43.7 Å². The van der Waals surface area contributed by atoms with E-state index in [1.54, 1.807) is 44.2 Å². The summed E-state index contributed by atoms with van der Waals surface area (Å²) in [6.45, 7) is 3.19. The molecule has 9 heteroatoms. The number of carbonyl (C=O) groups is 2. The second kappa shape index (κ2) is 8.26. The molecule has 0 saturated carbocycles. The van der Waals surface area contributed by atoms with Crippen molar-refractivity contribution in [2.75, 3.05) is 4.90 Å². The summed E-state index contributed by atoms with van der Waals surface area (Å²) in [5.74, 6) is -3.65. The molecule has 0 atom stereocenters. The number of nitrogens with one attached hydrogen (secondary N) is 1. The second-order valence-corrected chi connectivity index (χ2v) is 8.85. The molecule has 2 heterocycles. The fourth-order valence-electron chi connectivity index (χ4n) is 4.28. The van der Waals surface area contributed by atoms with Crippen molar-refractivity contribution in [1.29, 1.82) is 0 Å². The van der Waals surface area contributed by atoms with Crippen LogP contribution < -0.4 is 10.2 Å². The number of benzene rings is 3. The molecule has 1 aliphatic rings. The topological polar surface area (TPSA) is 75.4 Å². The minimum Gasteiger partial charge on any atom is -0.439 e. The number of anilines is 1. The summed E-state index contributed by atoms with van der Waals surface area (Å²) in [5, 5.41) is 2.45. The molecule has 1 aromatic heterocycles. The van der Waals surface area contributed by atoms with E-state index in [0.29, 0.717) is 34.8 Å². The molecule has 0 spiro atoms. The van der Waals surface area contributed by atoms with E-state index in [1.807, 2.05) is 12.1 Å². The van der Waals surface area contributed by atoms with Gasteiger partial charge >= 0.3 is 0 Å². The van der Waals surface area contributed by atoms with Crippen LogP contribution in [0.3, 0.4) is 0 Å². The van der Waals surface area contributed by atoms with Crippen molar-refractivity contribution in [1.82, 2.24) is 10.3 Å². The Morgan fingerprint density at radius 3 is 2.49 bits per heavy atom. The van der Waals surface area contributed by atoms with Crippen LogP contribution in [0.25, 0.3) is 11.1 Å². The van der Waals surface area contributed by atoms with Gasteiger partial charge in [-0.2, -0.15) is 0 Å². The van der Waals surface area contributed by atoms with Gasteiger partial charge in [-0.3, -0.25) is 9.59 Å². The van der Waals surface area contributed by atoms with E-state index in [9.17, 15) is 22.8 Å². The molecule has 6 nitrogen and oxygen atoms in total. The van der Waals surface area contributed by atoms with Gasteiger partial charge in [-0.15, -0.1) is 0 Å². The Morgan fingerprint density at radius 2 is 1.77 bits per heavy atom. The summed E-state index contributed by atoms with van der Waals surface area (Å²) in [7, 11) is 0. The highest BCUT2D eigenvalue weighted by Crippen LogP contribution is 2.42. The average molecular weight is 479 g/mol. The van der Waals surface area contributed by atoms with E-state index in [4.69, 9.17) is 4.42 Å². The van der Waals surface area contributed by atoms with E-state index in [-0.39, 0.29) is 18.0 Å². The maximum atomic E-state index is 13.9. The van der Waals surface area contributed by atoms with Crippen LogP contribution in [0.4, 0.5) is 18.9 Å². The van der Waals surface area contributed by atoms with Gasteiger partial charge in [0.05, 0.1) is 5.41 Å². The first-order valence-corrected chi connectivity index (χ1v) is 10.9. The molecule has 0 aliphatic carbocycles. The number of hydrogen-bond acceptors (Lipinski definition) is 4. The second-order valence-electron chi connectivity index (χ2n) is 8.85. The minimum absolute atomic E-state index is 0.0705. The van der Waals surface area contributed by atoms with Crippen molar-refractivity contribution in [3.05, 3.63) is 94.6 Å². The highest BCUT2D eigenvalue weighted by atomic mass is 19.1. The van der Waals surface area contributed by atoms with Crippen LogP contribution in [-0.2, 0) is 23.3 Å². The average Bonchev–Trinajstić information content (AvgIpc) is 3.30. The molecule has 1 aliphatic heterocycles. The number of para-hydroxylation sites is 2. The van der Waals surface area contributed by atoms with E-state index >= 15 is 0 Å². The monoisotopic (exact) mass is 479 g/mol. The van der Waals surface area contributed by atoms with Gasteiger partial charge in [0.25, 0.3) is 5.91 Å². The van der Waals surface area contributed by atoms with Crippen LogP contribution in [0, 0.1) is 17.5 Å². The van der Waals surface area contributed by atoms with Gasteiger partial charge in [-0.1, -0.05) is 18.2 Å². The van der Waals surface area contributed by atoms with Crippen LogP contribution >= 0.6 is 0 Å². The molecule has 4 aromatic rings. The zero-order valence-electron chi connectivity index (χ0n) is 18.9. The Kier molecular flexibility index (Phi) is 5.35. The van der Waals surface area contributed by atoms with Crippen molar-refractivity contribution < 1.29 is 27.2 Å². The number of rotatable bonds is 5. The lowest BCUT2D eigenvalue weighted by atomic mass is 9.86. The predicted molar refractivity (Wildman–Crippen MR) is 122 cm³/mol. The van der Waals surface area contributed by atoms with Crippen molar-refractivity contribution in [2.24, 2.45) is 0 Å². The van der Waals surface area contributed by atoms with E-state index in [1.165, 1.54) is 4.90 Å². The van der Waals surface area contributed by atoms with Gasteiger partial charge in [0, 0.05) is 35.5 Å². The molecule has 35 heavy (non-hydrogen) atoms. The molecule has 0 bridgehead atoms. The lowest BCUT2D eigenvalue weighted by molar-refractivity contribution is -0.122. The van der Waals surface area contributed by atoms with Gasteiger partial charge in [0.1, 0.15) is 29.5 Å². The molecular formula is C26H20F3N3O3. The van der Waals surface area contributed by atoms with Crippen molar-refractivity contribution in [2.45, 2.75) is 32.4 Å². The van der Waals surface area contributed by atoms with Gasteiger partial charge in [-0.25, -0.2) is 18.2 Å². The molecule has 5 rings (SSSR count). The van der Waals surface area contributed by atoms with E-state index < -0.39 is 40.9 Å². The highest BCUT2D eigenvalue weighted by molar-refractivity contribution is 6.08. The smallest absolute Gasteiger partial charge is 0.251 e. The lowest BCUT2D eigenvalue weighted by Crippen LogP contribution is -2.35. The van der Waals surface area contributed by atoms with E-state index in [0.717, 1.165) is 5.56 Å². The number of amides is 2. The van der Waals surface area contributed by atoms with Gasteiger partial charge in [0.15, 0.2) is 5.58 Å². The standard InChI is InChI=1S/C26H20F3N3O3/c1-26(2)17-8-7-14(24(33)30-12-16-18(28)10-15(27)11-19(16)29)9-21(17)32(25(26)34)13-23-31-20-5-3-4-6-22(20)35-23/h3-11H,12-13H2,1-2H3,(H,30,33). The summed E-state index contributed by atoms with van der Waals surface area (Å²) < 4.78 is 46.7. The van der Waals surface area contributed by atoms with Crippen LogP contribution in [0.5, 0.6) is 0 Å². The first-order chi connectivity index (χ1) is 16.6. The quantitative estimate of drug-likeness (QED) is 0.437. The van der Waals surface area contributed by atoms with Crippen LogP contribution in [0.2, 0.25) is 0 Å². The van der Waals surface area contributed by atoms with Crippen LogP contribution in [0.15, 0.2) is 59.0 Å². The molecule has 0 unspecified atom stereocenters. The first-order valence-electron chi connectivity index (χ1n) is 10.9. The summed E-state index contributed by atoms with van der Waals surface area (Å²) >= 11 is 0. The third-order valence-corrected chi connectivity index (χ3v) is 6.17. The summed E-state index contributed by atoms with van der Waals surface area (Å²) in [6.07, 6.45) is 0. The Morgan fingerprint density at radius 1 is 1.06 bits per heavy atom. The molecule has 2 amide bonds. The number of halogens is 3. The van der Waals surface area contributed by atoms with E-state index in [2.05, 4.69) is 10.3 Å². The lowest BCUT2D eigenvalue weighted by Gasteiger charge is -2.19. The molecule has 178 valence electrons. The number of carbonyl (C=O) groups excluding carboxylic acids is 2. The predicted octanol–water partition coefficient (Wildman–Crippen LogP) is 5.00. The Hall–Kier alpha value is -4.14. The fraction of sp³-hybridized carbons (Fsp3) is 0.192. The number of hydrogen-bond donors (Lipinski definition) is 1. The minimum atomic E-state index is -1.09. The molecule has 0 fully saturated rings. The SMILES string of the molecule is CC1(C)C(=O)N(Cc2nc3ccccc3o2)c2cc(C(=O)NCc3c(F)cc(F)cc3F)ccc21. The summed E-state index contributed by atoms with van der Waals surface area (Å²) in [6, 6.07) is 13.1. The fourth-order valence-corrected chi connectivity index (χ4v) is 4.28. The molecule has 3 aromatic carbocycles. The molecule has 0 saturated heterocycles. The zero-order valence-corrected chi connectivity index (χ0v) is 18.9. The van der Waals surface area contributed by atoms with Crippen LogP contribution in [0.1, 0.15) is 41.2 Å². The molecule has 0 radical (unpaired) electrons. The van der Waals surface area contributed by atoms with Crippen LogP contribution in [-0.4, -0.2) is 16.8 Å². The first kappa shape index (κ1) is 22.6. The van der Waals surface area contributed by atoms with Gasteiger partial charge in [0.2, 0.25) is 11.8 Å². The molecular weight excluding hydrogens is 459 g/mol. The summed E-state index contributed by atoms with van der Waals surface area (Å²) in [4.78, 5) is 32.0. The normalized spacial score (nSPS) is 14.4. The number of aromatic nitrogens is 1. The Labute approximate surface area is 198 Å². The zero-order chi connectivity index (χ0) is 24.9. The van der Waals surface area contributed by atoms with Crippen molar-refractivity contribution >= 4 is 28.6 Å². The largest absolute Gasteiger partial charge is 0.439 e. The maximum Gasteiger partial charge on any atom is 0.251 e. The van der Waals surface area contributed by atoms with Crippen molar-refractivity contribution in [3.8, 4) is 0 Å². The number of oxazole rings is 1. The molecule has 1 N–H and O–H groups in total.